The zero-order valence-electron chi connectivity index (χ0n) is 10.2. The van der Waals surface area contributed by atoms with Gasteiger partial charge in [0.2, 0.25) is 5.91 Å². The fourth-order valence-corrected chi connectivity index (χ4v) is 2.03. The first kappa shape index (κ1) is 13.1. The predicted octanol–water partition coefficient (Wildman–Crippen LogP) is 1.36. The van der Waals surface area contributed by atoms with Gasteiger partial charge in [0.05, 0.1) is 0 Å². The van der Waals surface area contributed by atoms with Crippen LogP contribution in [0.15, 0.2) is 10.8 Å². The van der Waals surface area contributed by atoms with Gasteiger partial charge in [-0.15, -0.1) is 0 Å². The van der Waals surface area contributed by atoms with Crippen LogP contribution in [0.1, 0.15) is 19.3 Å². The lowest BCUT2D eigenvalue weighted by Crippen LogP contribution is -2.27. The molecule has 0 spiro atoms. The molecule has 0 unspecified atom stereocenters. The summed E-state index contributed by atoms with van der Waals surface area (Å²) in [6, 6.07) is 0.416. The number of nitrogens with one attached hydrogen (secondary N) is 3. The first-order valence-electron chi connectivity index (χ1n) is 5.92. The number of carbonyl (C=O) groups excluding carboxylic acids is 1. The zero-order valence-corrected chi connectivity index (χ0v) is 11.7. The van der Waals surface area contributed by atoms with Crippen LogP contribution in [0.5, 0.6) is 0 Å². The van der Waals surface area contributed by atoms with E-state index in [9.17, 15) is 4.79 Å². The molecule has 1 amide bonds. The van der Waals surface area contributed by atoms with Crippen LogP contribution in [0.2, 0.25) is 0 Å². The average Bonchev–Trinajstić information content (AvgIpc) is 3.15. The minimum Gasteiger partial charge on any atom is -0.372 e. The van der Waals surface area contributed by atoms with Gasteiger partial charge in [0.25, 0.3) is 0 Å². The lowest BCUT2D eigenvalue weighted by Gasteiger charge is -2.09. The molecule has 3 N–H and O–H groups in total. The van der Waals surface area contributed by atoms with Crippen LogP contribution in [0, 0.1) is 0 Å². The highest BCUT2D eigenvalue weighted by atomic mass is 79.9. The molecule has 1 fully saturated rings. The smallest absolute Gasteiger partial charge is 0.221 e. The van der Waals surface area contributed by atoms with Gasteiger partial charge in [-0.25, -0.2) is 9.97 Å². The highest BCUT2D eigenvalue weighted by molar-refractivity contribution is 9.10. The Hall–Kier alpha value is -1.37. The predicted molar refractivity (Wildman–Crippen MR) is 73.6 cm³/mol. The van der Waals surface area contributed by atoms with Crippen molar-refractivity contribution in [3.8, 4) is 0 Å². The van der Waals surface area contributed by atoms with Crippen molar-refractivity contribution in [2.75, 3.05) is 24.2 Å². The number of rotatable bonds is 6. The molecule has 1 aromatic rings. The highest BCUT2D eigenvalue weighted by Gasteiger charge is 2.22. The van der Waals surface area contributed by atoms with E-state index in [2.05, 4.69) is 41.8 Å². The Labute approximate surface area is 114 Å². The molecule has 6 nitrogen and oxygen atoms in total. The van der Waals surface area contributed by atoms with E-state index in [1.807, 2.05) is 0 Å². The van der Waals surface area contributed by atoms with E-state index in [-0.39, 0.29) is 5.91 Å². The molecule has 1 heterocycles. The Balaban J connectivity index is 1.80. The molecule has 1 aliphatic rings. The van der Waals surface area contributed by atoms with Crippen molar-refractivity contribution in [2.24, 2.45) is 0 Å². The van der Waals surface area contributed by atoms with Crippen LogP contribution in [0.4, 0.5) is 11.6 Å². The summed E-state index contributed by atoms with van der Waals surface area (Å²) in [5.74, 6) is 1.49. The molecule has 0 aliphatic heterocycles. The van der Waals surface area contributed by atoms with Crippen LogP contribution < -0.4 is 16.0 Å². The first-order valence-corrected chi connectivity index (χ1v) is 6.71. The molecule has 1 saturated carbocycles. The highest BCUT2D eigenvalue weighted by Crippen LogP contribution is 2.25. The lowest BCUT2D eigenvalue weighted by molar-refractivity contribution is -0.120. The monoisotopic (exact) mass is 313 g/mol. The SMILES string of the molecule is CNc1ncnc(NCCC(=O)NC2CC2)c1Br. The fourth-order valence-electron chi connectivity index (χ4n) is 1.49. The van der Waals surface area contributed by atoms with Crippen molar-refractivity contribution in [1.29, 1.82) is 0 Å². The van der Waals surface area contributed by atoms with Crippen molar-refractivity contribution >= 4 is 33.5 Å². The molecule has 0 atom stereocenters. The van der Waals surface area contributed by atoms with Crippen LogP contribution >= 0.6 is 15.9 Å². The molecule has 0 aromatic carbocycles. The summed E-state index contributed by atoms with van der Waals surface area (Å²) < 4.78 is 0.773. The van der Waals surface area contributed by atoms with Gasteiger partial charge in [-0.1, -0.05) is 0 Å². The molecular formula is C11H16BrN5O. The second-order valence-electron chi connectivity index (χ2n) is 4.15. The van der Waals surface area contributed by atoms with Gasteiger partial charge in [0.1, 0.15) is 22.4 Å². The number of aromatic nitrogens is 2. The molecule has 1 aromatic heterocycles. The van der Waals surface area contributed by atoms with E-state index in [1.54, 1.807) is 7.05 Å². The topological polar surface area (TPSA) is 78.9 Å². The standard InChI is InChI=1S/C11H16BrN5O/c1-13-10-9(12)11(16-6-15-10)14-5-4-8(18)17-7-2-3-7/h6-7H,2-5H2,1H3,(H,17,18)(H2,13,14,15,16). The second kappa shape index (κ2) is 5.99. The number of hydrogen-bond donors (Lipinski definition) is 3. The van der Waals surface area contributed by atoms with E-state index in [4.69, 9.17) is 0 Å². The Bertz CT molecular complexity index is 435. The van der Waals surface area contributed by atoms with Gasteiger partial charge < -0.3 is 16.0 Å². The van der Waals surface area contributed by atoms with Crippen LogP contribution in [0.25, 0.3) is 0 Å². The van der Waals surface area contributed by atoms with Crippen LogP contribution in [-0.4, -0.2) is 35.5 Å². The summed E-state index contributed by atoms with van der Waals surface area (Å²) in [7, 11) is 1.79. The Morgan fingerprint density at radius 3 is 2.83 bits per heavy atom. The van der Waals surface area contributed by atoms with E-state index in [0.29, 0.717) is 24.8 Å². The van der Waals surface area contributed by atoms with Gasteiger partial charge in [-0.2, -0.15) is 0 Å². The van der Waals surface area contributed by atoms with E-state index in [1.165, 1.54) is 6.33 Å². The maximum atomic E-state index is 11.5. The number of anilines is 2. The number of amides is 1. The number of halogens is 1. The molecule has 0 saturated heterocycles. The maximum absolute atomic E-state index is 11.5. The van der Waals surface area contributed by atoms with Gasteiger partial charge >= 0.3 is 0 Å². The summed E-state index contributed by atoms with van der Waals surface area (Å²) in [6.45, 7) is 0.553. The minimum atomic E-state index is 0.0871. The van der Waals surface area contributed by atoms with Gasteiger partial charge in [0, 0.05) is 26.1 Å². The van der Waals surface area contributed by atoms with Crippen LogP contribution in [-0.2, 0) is 4.79 Å². The first-order chi connectivity index (χ1) is 8.70. The van der Waals surface area contributed by atoms with Crippen molar-refractivity contribution in [1.82, 2.24) is 15.3 Å². The summed E-state index contributed by atoms with van der Waals surface area (Å²) in [5, 5.41) is 9.01. The second-order valence-corrected chi connectivity index (χ2v) is 4.95. The summed E-state index contributed by atoms with van der Waals surface area (Å²) >= 11 is 3.41. The molecular weight excluding hydrogens is 298 g/mol. The number of carbonyl (C=O) groups is 1. The largest absolute Gasteiger partial charge is 0.372 e. The molecule has 18 heavy (non-hydrogen) atoms. The van der Waals surface area contributed by atoms with Crippen LogP contribution in [0.3, 0.4) is 0 Å². The third kappa shape index (κ3) is 3.56. The normalized spacial score (nSPS) is 14.1. The molecule has 0 bridgehead atoms. The zero-order chi connectivity index (χ0) is 13.0. The van der Waals surface area contributed by atoms with Gasteiger partial charge in [-0.3, -0.25) is 4.79 Å². The average molecular weight is 314 g/mol. The third-order valence-corrected chi connectivity index (χ3v) is 3.36. The third-order valence-electron chi connectivity index (χ3n) is 2.61. The summed E-state index contributed by atoms with van der Waals surface area (Å²) in [5.41, 5.74) is 0. The Kier molecular flexibility index (Phi) is 4.35. The molecule has 0 radical (unpaired) electrons. The minimum absolute atomic E-state index is 0.0871. The van der Waals surface area contributed by atoms with Crippen molar-refractivity contribution in [2.45, 2.75) is 25.3 Å². The van der Waals surface area contributed by atoms with E-state index >= 15 is 0 Å². The van der Waals surface area contributed by atoms with E-state index in [0.717, 1.165) is 23.1 Å². The summed E-state index contributed by atoms with van der Waals surface area (Å²) in [6.07, 6.45) is 4.15. The van der Waals surface area contributed by atoms with E-state index < -0.39 is 0 Å². The number of nitrogens with zero attached hydrogens (tertiary/aromatic N) is 2. The van der Waals surface area contributed by atoms with Gasteiger partial charge in [-0.05, 0) is 28.8 Å². The molecule has 98 valence electrons. The fraction of sp³-hybridized carbons (Fsp3) is 0.545. The number of hydrogen-bond acceptors (Lipinski definition) is 5. The maximum Gasteiger partial charge on any atom is 0.221 e. The summed E-state index contributed by atoms with van der Waals surface area (Å²) in [4.78, 5) is 19.7. The quantitative estimate of drug-likeness (QED) is 0.739. The molecule has 1 aliphatic carbocycles. The van der Waals surface area contributed by atoms with Crippen molar-refractivity contribution in [3.63, 3.8) is 0 Å². The lowest BCUT2D eigenvalue weighted by atomic mass is 10.4. The van der Waals surface area contributed by atoms with Crippen molar-refractivity contribution in [3.05, 3.63) is 10.8 Å². The Morgan fingerprint density at radius 1 is 1.44 bits per heavy atom. The molecule has 7 heteroatoms. The van der Waals surface area contributed by atoms with Crippen molar-refractivity contribution < 1.29 is 4.79 Å². The Morgan fingerprint density at radius 2 is 2.17 bits per heavy atom. The molecule has 2 rings (SSSR count). The van der Waals surface area contributed by atoms with Gasteiger partial charge in [0.15, 0.2) is 0 Å².